The van der Waals surface area contributed by atoms with Gasteiger partial charge in [-0.25, -0.2) is 0 Å². The third kappa shape index (κ3) is 2.58. The second-order valence-corrected chi connectivity index (χ2v) is 3.98. The number of halogens is 3. The third-order valence-electron chi connectivity index (χ3n) is 1.57. The normalized spacial score (nSPS) is 14.2. The topological polar surface area (TPSA) is 17.1 Å². The Balaban J connectivity index is 3.13. The van der Waals surface area contributed by atoms with Crippen molar-refractivity contribution < 1.29 is 17.2 Å². The highest BCUT2D eigenvalue weighted by atomic mass is 32.2. The maximum Gasteiger partial charge on any atom is 0.509 e. The van der Waals surface area contributed by atoms with E-state index in [4.69, 9.17) is 0 Å². The van der Waals surface area contributed by atoms with Crippen molar-refractivity contribution in [2.24, 2.45) is 0 Å². The van der Waals surface area contributed by atoms with Crippen LogP contribution in [0.5, 0.6) is 0 Å². The Bertz CT molecular complexity index is 337. The van der Waals surface area contributed by atoms with Crippen LogP contribution < -0.4 is 5.46 Å². The van der Waals surface area contributed by atoms with Crippen molar-refractivity contribution in [1.29, 1.82) is 0 Å². The van der Waals surface area contributed by atoms with Gasteiger partial charge in [0.2, 0.25) is 0 Å². The molecule has 0 amide bonds. The van der Waals surface area contributed by atoms with Crippen LogP contribution in [-0.4, -0.2) is 17.4 Å². The van der Waals surface area contributed by atoms with Crippen LogP contribution in [-0.2, 0) is 10.8 Å². The smallest absolute Gasteiger partial charge is 0.445 e. The molecule has 0 bridgehead atoms. The molecule has 6 heteroatoms. The Labute approximate surface area is 76.5 Å². The maximum absolute atomic E-state index is 12.2. The van der Waals surface area contributed by atoms with Crippen molar-refractivity contribution in [3.8, 4) is 0 Å². The first kappa shape index (κ1) is 10.3. The van der Waals surface area contributed by atoms with Gasteiger partial charge in [0.05, 0.1) is 0 Å². The summed E-state index contributed by atoms with van der Waals surface area (Å²) in [5, 5.41) is 0. The summed E-state index contributed by atoms with van der Waals surface area (Å²) in [7, 11) is -1.36. The molecule has 1 unspecified atom stereocenters. The van der Waals surface area contributed by atoms with Gasteiger partial charge in [0.15, 0.2) is 0 Å². The van der Waals surface area contributed by atoms with Gasteiger partial charge in [0.25, 0.3) is 0 Å². The largest absolute Gasteiger partial charge is 0.509 e. The van der Waals surface area contributed by atoms with E-state index in [9.17, 15) is 17.2 Å². The minimum atomic E-state index is -4.99. The van der Waals surface area contributed by atoms with E-state index < -0.39 is 23.2 Å². The molecule has 0 heterocycles. The van der Waals surface area contributed by atoms with E-state index in [1.54, 1.807) is 0 Å². The number of rotatable bonds is 2. The molecule has 0 aliphatic heterocycles. The number of hydrogen-bond donors (Lipinski definition) is 0. The van der Waals surface area contributed by atoms with E-state index in [-0.39, 0.29) is 4.90 Å². The zero-order valence-electron chi connectivity index (χ0n) is 6.84. The molecule has 0 aromatic heterocycles. The average Bonchev–Trinajstić information content (AvgIpc) is 2.03. The van der Waals surface area contributed by atoms with Crippen molar-refractivity contribution >= 4 is 23.2 Å². The summed E-state index contributed by atoms with van der Waals surface area (Å²) in [5.41, 5.74) is -0.701. The van der Waals surface area contributed by atoms with Crippen molar-refractivity contribution in [3.63, 3.8) is 0 Å². The summed E-state index contributed by atoms with van der Waals surface area (Å²) >= 11 is 0. The van der Waals surface area contributed by atoms with E-state index in [1.807, 2.05) is 0 Å². The lowest BCUT2D eigenvalue weighted by Crippen LogP contribution is -2.34. The summed E-state index contributed by atoms with van der Waals surface area (Å²) in [6.07, 6.45) is 1.35. The Morgan fingerprint density at radius 1 is 1.31 bits per heavy atom. The molecule has 0 aliphatic carbocycles. The van der Waals surface area contributed by atoms with Crippen LogP contribution in [0.15, 0.2) is 29.2 Å². The first-order chi connectivity index (χ1) is 5.91. The predicted octanol–water partition coefficient (Wildman–Crippen LogP) is 1.48. The first-order valence-electron chi connectivity index (χ1n) is 3.54. The lowest BCUT2D eigenvalue weighted by molar-refractivity contribution is 0.501. The van der Waals surface area contributed by atoms with Gasteiger partial charge in [-0.15, -0.1) is 5.46 Å². The molecule has 1 rings (SSSR count). The molecular formula is C7H7BF3OS-. The van der Waals surface area contributed by atoms with E-state index in [2.05, 4.69) is 0 Å². The van der Waals surface area contributed by atoms with Crippen LogP contribution in [0, 0.1) is 0 Å². The molecule has 1 aromatic carbocycles. The second-order valence-electron chi connectivity index (χ2n) is 2.60. The standard InChI is InChI=1S/C7H7BF3OS/c1-13(12)7-4-2-3-6(5-7)8(9,10)11/h2-5H,1H3/q-1. The molecule has 1 nitrogen and oxygen atoms in total. The fourth-order valence-electron chi connectivity index (χ4n) is 0.897. The fraction of sp³-hybridized carbons (Fsp3) is 0.143. The molecule has 0 saturated heterocycles. The van der Waals surface area contributed by atoms with Gasteiger partial charge < -0.3 is 12.9 Å². The van der Waals surface area contributed by atoms with Gasteiger partial charge in [-0.05, 0) is 6.07 Å². The minimum absolute atomic E-state index is 0.205. The summed E-state index contributed by atoms with van der Waals surface area (Å²) < 4.78 is 47.5. The Kier molecular flexibility index (Phi) is 2.80. The van der Waals surface area contributed by atoms with Crippen LogP contribution in [0.2, 0.25) is 0 Å². The Hall–Kier alpha value is -0.775. The van der Waals surface area contributed by atoms with Crippen LogP contribution in [0.3, 0.4) is 0 Å². The number of hydrogen-bond acceptors (Lipinski definition) is 1. The molecule has 0 aliphatic rings. The van der Waals surface area contributed by atoms with Gasteiger partial charge >= 0.3 is 6.98 Å². The van der Waals surface area contributed by atoms with Crippen LogP contribution in [0.1, 0.15) is 0 Å². The summed E-state index contributed by atoms with van der Waals surface area (Å²) in [6, 6.07) is 4.59. The van der Waals surface area contributed by atoms with Gasteiger partial charge in [0, 0.05) is 22.0 Å². The molecular weight excluding hydrogens is 200 g/mol. The maximum atomic E-state index is 12.2. The van der Waals surface area contributed by atoms with Crippen molar-refractivity contribution in [1.82, 2.24) is 0 Å². The molecule has 1 aromatic rings. The predicted molar refractivity (Wildman–Crippen MR) is 47.5 cm³/mol. The van der Waals surface area contributed by atoms with E-state index in [1.165, 1.54) is 18.4 Å². The molecule has 1 atom stereocenters. The zero-order chi connectivity index (χ0) is 10.1. The Morgan fingerprint density at radius 2 is 1.92 bits per heavy atom. The molecule has 0 spiro atoms. The van der Waals surface area contributed by atoms with E-state index in [0.29, 0.717) is 0 Å². The summed E-state index contributed by atoms with van der Waals surface area (Å²) in [5.74, 6) is 0. The third-order valence-corrected chi connectivity index (χ3v) is 2.49. The van der Waals surface area contributed by atoms with Gasteiger partial charge in [-0.2, -0.15) is 0 Å². The highest BCUT2D eigenvalue weighted by Gasteiger charge is 2.25. The molecule has 0 fully saturated rings. The van der Waals surface area contributed by atoms with E-state index >= 15 is 0 Å². The van der Waals surface area contributed by atoms with Crippen LogP contribution >= 0.6 is 0 Å². The summed E-state index contributed by atoms with van der Waals surface area (Å²) in [4.78, 5) is 0.205. The fourth-order valence-corrected chi connectivity index (χ4v) is 1.47. The molecule has 0 saturated carbocycles. The van der Waals surface area contributed by atoms with Crippen LogP contribution in [0.25, 0.3) is 0 Å². The SMILES string of the molecule is CS(=O)c1cccc([B-](F)(F)F)c1. The highest BCUT2D eigenvalue weighted by molar-refractivity contribution is 7.84. The molecule has 0 N–H and O–H groups in total. The molecule has 0 radical (unpaired) electrons. The zero-order valence-corrected chi connectivity index (χ0v) is 7.65. The lowest BCUT2D eigenvalue weighted by Gasteiger charge is -2.14. The van der Waals surface area contributed by atoms with Gasteiger partial charge in [0.1, 0.15) is 0 Å². The average molecular weight is 207 g/mol. The first-order valence-corrected chi connectivity index (χ1v) is 5.10. The van der Waals surface area contributed by atoms with Gasteiger partial charge in [-0.1, -0.05) is 18.2 Å². The monoisotopic (exact) mass is 207 g/mol. The van der Waals surface area contributed by atoms with Crippen molar-refractivity contribution in [2.75, 3.05) is 6.26 Å². The summed E-state index contributed by atoms with van der Waals surface area (Å²) in [6.45, 7) is -4.99. The lowest BCUT2D eigenvalue weighted by atomic mass is 9.80. The molecule has 72 valence electrons. The highest BCUT2D eigenvalue weighted by Crippen LogP contribution is 2.11. The van der Waals surface area contributed by atoms with Crippen LogP contribution in [0.4, 0.5) is 12.9 Å². The van der Waals surface area contributed by atoms with Crippen molar-refractivity contribution in [3.05, 3.63) is 24.3 Å². The van der Waals surface area contributed by atoms with E-state index in [0.717, 1.165) is 12.1 Å². The Morgan fingerprint density at radius 3 is 2.38 bits per heavy atom. The second kappa shape index (κ2) is 3.53. The van der Waals surface area contributed by atoms with Gasteiger partial charge in [-0.3, -0.25) is 4.21 Å². The molecule has 13 heavy (non-hydrogen) atoms. The number of benzene rings is 1. The van der Waals surface area contributed by atoms with Crippen molar-refractivity contribution in [2.45, 2.75) is 4.90 Å². The quantitative estimate of drug-likeness (QED) is 0.671. The minimum Gasteiger partial charge on any atom is -0.445 e.